The average Bonchev–Trinajstić information content (AvgIpc) is 3.18. The van der Waals surface area contributed by atoms with Gasteiger partial charge in [-0.2, -0.15) is 0 Å². The lowest BCUT2D eigenvalue weighted by atomic mass is 9.99. The number of hydrogen-bond donors (Lipinski definition) is 1. The summed E-state index contributed by atoms with van der Waals surface area (Å²) in [5, 5.41) is 0. The molecular formula is C16H15F2N. The molecule has 1 aliphatic carbocycles. The van der Waals surface area contributed by atoms with Crippen molar-refractivity contribution in [3.05, 3.63) is 71.3 Å². The van der Waals surface area contributed by atoms with Gasteiger partial charge in [-0.25, -0.2) is 8.78 Å². The quantitative estimate of drug-likeness (QED) is 0.892. The van der Waals surface area contributed by atoms with Crippen molar-refractivity contribution in [2.45, 2.75) is 18.4 Å². The van der Waals surface area contributed by atoms with Crippen LogP contribution in [0.3, 0.4) is 0 Å². The van der Waals surface area contributed by atoms with E-state index >= 15 is 0 Å². The summed E-state index contributed by atoms with van der Waals surface area (Å²) in [6, 6.07) is 13.3. The predicted molar refractivity (Wildman–Crippen MR) is 70.6 cm³/mol. The molecule has 1 fully saturated rings. The van der Waals surface area contributed by atoms with Gasteiger partial charge in [0.1, 0.15) is 11.6 Å². The summed E-state index contributed by atoms with van der Waals surface area (Å²) < 4.78 is 26.4. The SMILES string of the molecule is NC(c1cc(F)cc(F)c1)C1CC1c1ccccc1. The summed E-state index contributed by atoms with van der Waals surface area (Å²) in [5.41, 5.74) is 7.92. The molecule has 3 rings (SSSR count). The third-order valence-electron chi connectivity index (χ3n) is 3.80. The van der Waals surface area contributed by atoms with E-state index in [2.05, 4.69) is 12.1 Å². The van der Waals surface area contributed by atoms with Crippen LogP contribution in [-0.2, 0) is 0 Å². The van der Waals surface area contributed by atoms with Crippen LogP contribution in [0.5, 0.6) is 0 Å². The van der Waals surface area contributed by atoms with Crippen molar-refractivity contribution in [1.29, 1.82) is 0 Å². The molecule has 2 N–H and O–H groups in total. The van der Waals surface area contributed by atoms with E-state index in [-0.39, 0.29) is 12.0 Å². The van der Waals surface area contributed by atoms with Crippen LogP contribution in [0.4, 0.5) is 8.78 Å². The second-order valence-electron chi connectivity index (χ2n) is 5.15. The molecule has 1 aliphatic rings. The molecule has 0 heterocycles. The second-order valence-corrected chi connectivity index (χ2v) is 5.15. The second kappa shape index (κ2) is 4.74. The Balaban J connectivity index is 1.78. The van der Waals surface area contributed by atoms with E-state index in [4.69, 9.17) is 5.73 Å². The maximum atomic E-state index is 13.2. The molecule has 3 atom stereocenters. The van der Waals surface area contributed by atoms with Gasteiger partial charge in [-0.1, -0.05) is 30.3 Å². The van der Waals surface area contributed by atoms with Gasteiger partial charge < -0.3 is 5.73 Å². The zero-order valence-electron chi connectivity index (χ0n) is 10.4. The molecule has 2 aromatic carbocycles. The Morgan fingerprint density at radius 3 is 2.26 bits per heavy atom. The van der Waals surface area contributed by atoms with Crippen LogP contribution in [0.25, 0.3) is 0 Å². The molecule has 0 spiro atoms. The molecule has 3 heteroatoms. The normalized spacial score (nSPS) is 23.1. The number of halogens is 2. The van der Waals surface area contributed by atoms with Crippen molar-refractivity contribution in [1.82, 2.24) is 0 Å². The third kappa shape index (κ3) is 2.51. The van der Waals surface area contributed by atoms with Crippen LogP contribution < -0.4 is 5.73 Å². The molecule has 3 unspecified atom stereocenters. The standard InChI is InChI=1S/C16H15F2N/c17-12-6-11(7-13(18)8-12)16(19)15-9-14(15)10-4-2-1-3-5-10/h1-8,14-16H,9,19H2. The summed E-state index contributed by atoms with van der Waals surface area (Å²) in [6.07, 6.45) is 0.976. The summed E-state index contributed by atoms with van der Waals surface area (Å²) >= 11 is 0. The minimum Gasteiger partial charge on any atom is -0.324 e. The van der Waals surface area contributed by atoms with E-state index in [1.54, 1.807) is 0 Å². The third-order valence-corrected chi connectivity index (χ3v) is 3.80. The molecule has 98 valence electrons. The summed E-state index contributed by atoms with van der Waals surface area (Å²) in [7, 11) is 0. The van der Waals surface area contributed by atoms with Gasteiger partial charge in [0.05, 0.1) is 0 Å². The van der Waals surface area contributed by atoms with E-state index < -0.39 is 11.6 Å². The van der Waals surface area contributed by atoms with Gasteiger partial charge in [0.15, 0.2) is 0 Å². The van der Waals surface area contributed by atoms with Gasteiger partial charge in [-0.05, 0) is 41.5 Å². The number of hydrogen-bond acceptors (Lipinski definition) is 1. The van der Waals surface area contributed by atoms with Crippen LogP contribution in [-0.4, -0.2) is 0 Å². The van der Waals surface area contributed by atoms with E-state index in [0.29, 0.717) is 11.5 Å². The molecule has 0 aliphatic heterocycles. The highest BCUT2D eigenvalue weighted by Crippen LogP contribution is 2.53. The Labute approximate surface area is 111 Å². The topological polar surface area (TPSA) is 26.0 Å². The number of rotatable bonds is 3. The Morgan fingerprint density at radius 2 is 1.63 bits per heavy atom. The largest absolute Gasteiger partial charge is 0.324 e. The Hall–Kier alpha value is -1.74. The van der Waals surface area contributed by atoms with Gasteiger partial charge in [-0.15, -0.1) is 0 Å². The van der Waals surface area contributed by atoms with Crippen molar-refractivity contribution in [2.24, 2.45) is 11.7 Å². The molecule has 0 aromatic heterocycles. The van der Waals surface area contributed by atoms with Crippen LogP contribution in [0.1, 0.15) is 29.5 Å². The van der Waals surface area contributed by atoms with Gasteiger partial charge in [-0.3, -0.25) is 0 Å². The fourth-order valence-electron chi connectivity index (χ4n) is 2.71. The van der Waals surface area contributed by atoms with Crippen LogP contribution in [0, 0.1) is 17.6 Å². The zero-order valence-corrected chi connectivity index (χ0v) is 10.4. The molecule has 0 saturated heterocycles. The van der Waals surface area contributed by atoms with Gasteiger partial charge in [0.25, 0.3) is 0 Å². The molecule has 1 nitrogen and oxygen atoms in total. The highest BCUT2D eigenvalue weighted by Gasteiger charge is 2.42. The lowest BCUT2D eigenvalue weighted by molar-refractivity contribution is 0.559. The van der Waals surface area contributed by atoms with E-state index in [1.807, 2.05) is 18.2 Å². The maximum absolute atomic E-state index is 13.2. The fraction of sp³-hybridized carbons (Fsp3) is 0.250. The lowest BCUT2D eigenvalue weighted by Crippen LogP contribution is -2.14. The fourth-order valence-corrected chi connectivity index (χ4v) is 2.71. The van der Waals surface area contributed by atoms with Crippen LogP contribution in [0.15, 0.2) is 48.5 Å². The predicted octanol–water partition coefficient (Wildman–Crippen LogP) is 3.77. The van der Waals surface area contributed by atoms with Crippen molar-refractivity contribution in [2.75, 3.05) is 0 Å². The first kappa shape index (κ1) is 12.3. The van der Waals surface area contributed by atoms with Gasteiger partial charge in [0.2, 0.25) is 0 Å². The molecule has 1 saturated carbocycles. The Kier molecular flexibility index (Phi) is 3.07. The molecule has 0 bridgehead atoms. The van der Waals surface area contributed by atoms with Gasteiger partial charge >= 0.3 is 0 Å². The average molecular weight is 259 g/mol. The Bertz CT molecular complexity index is 562. The van der Waals surface area contributed by atoms with Crippen LogP contribution >= 0.6 is 0 Å². The summed E-state index contributed by atoms with van der Waals surface area (Å²) in [6.45, 7) is 0. The first-order valence-corrected chi connectivity index (χ1v) is 6.41. The smallest absolute Gasteiger partial charge is 0.126 e. The molecule has 0 amide bonds. The molecular weight excluding hydrogens is 244 g/mol. The zero-order chi connectivity index (χ0) is 13.4. The maximum Gasteiger partial charge on any atom is 0.126 e. The van der Waals surface area contributed by atoms with E-state index in [0.717, 1.165) is 12.5 Å². The highest BCUT2D eigenvalue weighted by molar-refractivity contribution is 5.30. The van der Waals surface area contributed by atoms with Crippen molar-refractivity contribution >= 4 is 0 Å². The van der Waals surface area contributed by atoms with Crippen LogP contribution in [0.2, 0.25) is 0 Å². The molecule has 2 aromatic rings. The Morgan fingerprint density at radius 1 is 1.00 bits per heavy atom. The molecule has 19 heavy (non-hydrogen) atoms. The van der Waals surface area contributed by atoms with E-state index in [1.165, 1.54) is 17.7 Å². The molecule has 0 radical (unpaired) electrons. The first-order chi connectivity index (χ1) is 9.15. The first-order valence-electron chi connectivity index (χ1n) is 6.41. The number of benzene rings is 2. The summed E-state index contributed by atoms with van der Waals surface area (Å²) in [5.74, 6) is -0.462. The van der Waals surface area contributed by atoms with Gasteiger partial charge in [0, 0.05) is 12.1 Å². The minimum absolute atomic E-state index is 0.267. The highest BCUT2D eigenvalue weighted by atomic mass is 19.1. The van der Waals surface area contributed by atoms with Crippen molar-refractivity contribution < 1.29 is 8.78 Å². The lowest BCUT2D eigenvalue weighted by Gasteiger charge is -2.12. The van der Waals surface area contributed by atoms with Crippen molar-refractivity contribution in [3.8, 4) is 0 Å². The van der Waals surface area contributed by atoms with E-state index in [9.17, 15) is 8.78 Å². The minimum atomic E-state index is -0.567. The summed E-state index contributed by atoms with van der Waals surface area (Å²) in [4.78, 5) is 0. The van der Waals surface area contributed by atoms with Crippen molar-refractivity contribution in [3.63, 3.8) is 0 Å². The monoisotopic (exact) mass is 259 g/mol. The number of nitrogens with two attached hydrogens (primary N) is 1.